The Morgan fingerprint density at radius 3 is 2.76 bits per heavy atom. The number of hydrogen-bond acceptors (Lipinski definition) is 6. The van der Waals surface area contributed by atoms with Gasteiger partial charge in [0.2, 0.25) is 10.6 Å². The van der Waals surface area contributed by atoms with Crippen molar-refractivity contribution >= 4 is 65.7 Å². The van der Waals surface area contributed by atoms with E-state index < -0.39 is 0 Å². The van der Waals surface area contributed by atoms with Crippen LogP contribution in [0.25, 0.3) is 21.2 Å². The van der Waals surface area contributed by atoms with E-state index in [2.05, 4.69) is 26.0 Å². The Bertz CT molecular complexity index is 1650. The quantitative estimate of drug-likeness (QED) is 0.197. The molecule has 0 aliphatic carbocycles. The topological polar surface area (TPSA) is 75.8 Å². The lowest BCUT2D eigenvalue weighted by Gasteiger charge is -2.15. The summed E-state index contributed by atoms with van der Waals surface area (Å²) in [4.78, 5) is 31.1. The first-order valence-corrected chi connectivity index (χ1v) is 12.0. The maximum Gasteiger partial charge on any atom is 0.281 e. The Morgan fingerprint density at radius 1 is 1.12 bits per heavy atom. The molecule has 6 nitrogen and oxygen atoms in total. The number of amides is 1. The maximum absolute atomic E-state index is 13.6. The Hall–Kier alpha value is -3.62. The van der Waals surface area contributed by atoms with Crippen LogP contribution in [0.15, 0.2) is 85.7 Å². The summed E-state index contributed by atoms with van der Waals surface area (Å²) in [6.07, 6.45) is 2.70. The van der Waals surface area contributed by atoms with E-state index in [0.29, 0.717) is 21.7 Å². The molecule has 1 amide bonds. The molecule has 5 rings (SSSR count). The van der Waals surface area contributed by atoms with Gasteiger partial charge in [-0.05, 0) is 55.8 Å². The van der Waals surface area contributed by atoms with Crippen molar-refractivity contribution in [3.05, 3.63) is 104 Å². The van der Waals surface area contributed by atoms with E-state index in [0.717, 1.165) is 25.8 Å². The van der Waals surface area contributed by atoms with Crippen molar-refractivity contribution in [2.75, 3.05) is 5.01 Å². The largest absolute Gasteiger partial charge is 0.463 e. The number of aryl methyl sites for hydroxylation is 2. The fourth-order valence-electron chi connectivity index (χ4n) is 3.64. The third kappa shape index (κ3) is 4.18. The van der Waals surface area contributed by atoms with Gasteiger partial charge < -0.3 is 4.42 Å². The third-order valence-corrected chi connectivity index (χ3v) is 6.83. The fourth-order valence-corrected chi connectivity index (χ4v) is 5.11. The van der Waals surface area contributed by atoms with E-state index in [1.54, 1.807) is 30.3 Å². The molecule has 0 saturated heterocycles. The number of para-hydroxylation sites is 1. The van der Waals surface area contributed by atoms with E-state index in [-0.39, 0.29) is 16.9 Å². The number of rotatable bonds is 4. The van der Waals surface area contributed by atoms with Crippen molar-refractivity contribution < 1.29 is 9.21 Å². The molecule has 0 atom stereocenters. The fraction of sp³-hybridized carbons (Fsp3) is 0.0769. The number of hydrazone groups is 1. The molecule has 0 radical (unpaired) electrons. The minimum atomic E-state index is -0.336. The number of hydrogen-bond donors (Lipinski definition) is 0. The average molecular weight is 532 g/mol. The lowest BCUT2D eigenvalue weighted by molar-refractivity contribution is 0.0987. The van der Waals surface area contributed by atoms with E-state index in [4.69, 9.17) is 4.42 Å². The van der Waals surface area contributed by atoms with Gasteiger partial charge in [0.1, 0.15) is 11.8 Å². The smallest absolute Gasteiger partial charge is 0.281 e. The highest BCUT2D eigenvalue weighted by molar-refractivity contribution is 9.10. The molecule has 168 valence electrons. The van der Waals surface area contributed by atoms with Gasteiger partial charge >= 0.3 is 0 Å². The monoisotopic (exact) mass is 531 g/mol. The Morgan fingerprint density at radius 2 is 1.94 bits per heavy atom. The minimum Gasteiger partial charge on any atom is -0.463 e. The SMILES string of the molecule is Cc1ccc(C(=O)N(/N=C/c2coc3ccccc3c2=O)c2nc3ccc(Br)cc3s2)c(C)c1. The van der Waals surface area contributed by atoms with Crippen LogP contribution in [0.3, 0.4) is 0 Å². The molecule has 8 heteroatoms. The summed E-state index contributed by atoms with van der Waals surface area (Å²) >= 11 is 4.82. The maximum atomic E-state index is 13.6. The van der Waals surface area contributed by atoms with Crippen LogP contribution >= 0.6 is 27.3 Å². The van der Waals surface area contributed by atoms with Gasteiger partial charge in [-0.3, -0.25) is 9.59 Å². The molecule has 5 aromatic rings. The summed E-state index contributed by atoms with van der Waals surface area (Å²) in [5.41, 5.74) is 3.65. The molecule has 2 aromatic heterocycles. The average Bonchev–Trinajstić information content (AvgIpc) is 3.23. The van der Waals surface area contributed by atoms with Crippen molar-refractivity contribution in [1.29, 1.82) is 0 Å². The molecule has 34 heavy (non-hydrogen) atoms. The first-order chi connectivity index (χ1) is 16.4. The summed E-state index contributed by atoms with van der Waals surface area (Å²) in [6, 6.07) is 18.3. The molecular formula is C26H18BrN3O3S. The normalized spacial score (nSPS) is 11.5. The van der Waals surface area contributed by atoms with Crippen molar-refractivity contribution in [3.8, 4) is 0 Å². The van der Waals surface area contributed by atoms with E-state index >= 15 is 0 Å². The molecule has 0 N–H and O–H groups in total. The van der Waals surface area contributed by atoms with Crippen molar-refractivity contribution in [1.82, 2.24) is 4.98 Å². The third-order valence-electron chi connectivity index (χ3n) is 5.34. The second-order valence-electron chi connectivity index (χ2n) is 7.80. The number of carbonyl (C=O) groups excluding carboxylic acids is 1. The van der Waals surface area contributed by atoms with Gasteiger partial charge in [-0.25, -0.2) is 4.98 Å². The zero-order valence-electron chi connectivity index (χ0n) is 18.3. The van der Waals surface area contributed by atoms with E-state index in [9.17, 15) is 9.59 Å². The summed E-state index contributed by atoms with van der Waals surface area (Å²) in [5.74, 6) is -0.336. The van der Waals surface area contributed by atoms with Gasteiger partial charge in [0.05, 0.1) is 27.4 Å². The van der Waals surface area contributed by atoms with Gasteiger partial charge in [0.25, 0.3) is 5.91 Å². The number of halogens is 1. The number of anilines is 1. The molecule has 3 aromatic carbocycles. The van der Waals surface area contributed by atoms with Crippen LogP contribution < -0.4 is 10.4 Å². The van der Waals surface area contributed by atoms with E-state index in [1.165, 1.54) is 28.8 Å². The first kappa shape index (κ1) is 22.2. The van der Waals surface area contributed by atoms with Crippen LogP contribution in [0.2, 0.25) is 0 Å². The molecule has 0 fully saturated rings. The minimum absolute atomic E-state index is 0.224. The number of thiazole rings is 1. The highest BCUT2D eigenvalue weighted by atomic mass is 79.9. The number of carbonyl (C=O) groups is 1. The molecule has 0 aliphatic rings. The second kappa shape index (κ2) is 8.96. The summed E-state index contributed by atoms with van der Waals surface area (Å²) in [6.45, 7) is 3.86. The molecule has 0 aliphatic heterocycles. The number of benzene rings is 3. The molecule has 0 saturated carbocycles. The summed E-state index contributed by atoms with van der Waals surface area (Å²) in [5, 5.41) is 6.52. The number of fused-ring (bicyclic) bond motifs is 2. The number of aromatic nitrogens is 1. The zero-order valence-corrected chi connectivity index (χ0v) is 20.7. The Kier molecular flexibility index (Phi) is 5.85. The predicted octanol–water partition coefficient (Wildman–Crippen LogP) is 6.46. The Balaban J connectivity index is 1.62. The Labute approximate surface area is 207 Å². The van der Waals surface area contributed by atoms with Gasteiger partial charge in [0, 0.05) is 10.0 Å². The van der Waals surface area contributed by atoms with Crippen molar-refractivity contribution in [3.63, 3.8) is 0 Å². The second-order valence-corrected chi connectivity index (χ2v) is 9.73. The van der Waals surface area contributed by atoms with Gasteiger partial charge in [-0.1, -0.05) is 57.1 Å². The van der Waals surface area contributed by atoms with Crippen molar-refractivity contribution in [2.24, 2.45) is 5.10 Å². The van der Waals surface area contributed by atoms with Crippen LogP contribution in [0.1, 0.15) is 27.0 Å². The lowest BCUT2D eigenvalue weighted by atomic mass is 10.1. The van der Waals surface area contributed by atoms with Crippen LogP contribution in [-0.4, -0.2) is 17.1 Å². The standard InChI is InChI=1S/C26H18BrN3O3S/c1-15-7-9-19(16(2)11-15)25(32)30(26-29-21-10-8-18(27)12-23(21)34-26)28-13-17-14-33-22-6-4-3-5-20(22)24(17)31/h3-14H,1-2H3/b28-13+. The molecule has 0 bridgehead atoms. The summed E-state index contributed by atoms with van der Waals surface area (Å²) < 4.78 is 7.41. The highest BCUT2D eigenvalue weighted by Gasteiger charge is 2.23. The van der Waals surface area contributed by atoms with Crippen LogP contribution in [0.4, 0.5) is 5.13 Å². The van der Waals surface area contributed by atoms with E-state index in [1.807, 2.05) is 44.2 Å². The van der Waals surface area contributed by atoms with Crippen LogP contribution in [0.5, 0.6) is 0 Å². The lowest BCUT2D eigenvalue weighted by Crippen LogP contribution is -2.26. The molecule has 2 heterocycles. The van der Waals surface area contributed by atoms with Gasteiger partial charge in [-0.2, -0.15) is 10.1 Å². The number of nitrogens with zero attached hydrogens (tertiary/aromatic N) is 3. The molecule has 0 unspecified atom stereocenters. The van der Waals surface area contributed by atoms with Gasteiger partial charge in [-0.15, -0.1) is 0 Å². The van der Waals surface area contributed by atoms with Crippen molar-refractivity contribution in [2.45, 2.75) is 13.8 Å². The molecule has 0 spiro atoms. The van der Waals surface area contributed by atoms with Gasteiger partial charge in [0.15, 0.2) is 0 Å². The molecular weight excluding hydrogens is 514 g/mol. The first-order valence-electron chi connectivity index (χ1n) is 10.4. The van der Waals surface area contributed by atoms with Crippen LogP contribution in [0, 0.1) is 13.8 Å². The predicted molar refractivity (Wildman–Crippen MR) is 140 cm³/mol. The highest BCUT2D eigenvalue weighted by Crippen LogP contribution is 2.32. The summed E-state index contributed by atoms with van der Waals surface area (Å²) in [7, 11) is 0. The zero-order chi connectivity index (χ0) is 23.8. The van der Waals surface area contributed by atoms with Crippen LogP contribution in [-0.2, 0) is 0 Å².